The van der Waals surface area contributed by atoms with Crippen LogP contribution < -0.4 is 5.46 Å². The van der Waals surface area contributed by atoms with Gasteiger partial charge in [-0.15, -0.1) is 0 Å². The zero-order valence-corrected chi connectivity index (χ0v) is 7.97. The van der Waals surface area contributed by atoms with Crippen molar-refractivity contribution in [2.45, 2.75) is 0 Å². The van der Waals surface area contributed by atoms with Crippen molar-refractivity contribution in [3.63, 3.8) is 0 Å². The van der Waals surface area contributed by atoms with Gasteiger partial charge >= 0.3 is 13.1 Å². The van der Waals surface area contributed by atoms with Gasteiger partial charge in [-0.3, -0.25) is 0 Å². The Morgan fingerprint density at radius 1 is 1.53 bits per heavy atom. The molecule has 0 saturated heterocycles. The predicted molar refractivity (Wildman–Crippen MR) is 52.3 cm³/mol. The van der Waals surface area contributed by atoms with Gasteiger partial charge in [-0.25, -0.2) is 4.79 Å². The average molecular weight is 205 g/mol. The maximum Gasteiger partial charge on any atom is 0.488 e. The Morgan fingerprint density at radius 2 is 2.20 bits per heavy atom. The third kappa shape index (κ3) is 2.34. The smallest absolute Gasteiger partial charge is 0.465 e. The molecule has 5 nitrogen and oxygen atoms in total. The molecular formula is C9H8BNO4. The van der Waals surface area contributed by atoms with Crippen molar-refractivity contribution in [1.29, 1.82) is 5.26 Å². The van der Waals surface area contributed by atoms with Gasteiger partial charge in [0.05, 0.1) is 18.2 Å². The van der Waals surface area contributed by atoms with Crippen LogP contribution in [0, 0.1) is 11.3 Å². The molecule has 0 aliphatic heterocycles. The fourth-order valence-electron chi connectivity index (χ4n) is 1.10. The fourth-order valence-corrected chi connectivity index (χ4v) is 1.10. The highest BCUT2D eigenvalue weighted by molar-refractivity contribution is 6.58. The Hall–Kier alpha value is -1.84. The van der Waals surface area contributed by atoms with Gasteiger partial charge in [0.1, 0.15) is 6.07 Å². The number of nitriles is 1. The fraction of sp³-hybridized carbons (Fsp3) is 0.111. The Morgan fingerprint density at radius 3 is 2.67 bits per heavy atom. The first-order valence-corrected chi connectivity index (χ1v) is 4.08. The summed E-state index contributed by atoms with van der Waals surface area (Å²) in [6.45, 7) is 0. The molecule has 15 heavy (non-hydrogen) atoms. The lowest BCUT2D eigenvalue weighted by molar-refractivity contribution is 0.0600. The summed E-state index contributed by atoms with van der Waals surface area (Å²) in [6.07, 6.45) is 0. The van der Waals surface area contributed by atoms with Crippen molar-refractivity contribution < 1.29 is 19.6 Å². The lowest BCUT2D eigenvalue weighted by Gasteiger charge is -2.04. The summed E-state index contributed by atoms with van der Waals surface area (Å²) in [5.41, 5.74) is 0.302. The maximum atomic E-state index is 11.2. The summed E-state index contributed by atoms with van der Waals surface area (Å²) >= 11 is 0. The molecule has 0 amide bonds. The van der Waals surface area contributed by atoms with Gasteiger partial charge in [0, 0.05) is 0 Å². The monoisotopic (exact) mass is 205 g/mol. The Bertz CT molecular complexity index is 425. The largest absolute Gasteiger partial charge is 0.488 e. The molecule has 0 radical (unpaired) electrons. The van der Waals surface area contributed by atoms with E-state index in [1.165, 1.54) is 25.3 Å². The molecule has 1 rings (SSSR count). The second kappa shape index (κ2) is 4.60. The van der Waals surface area contributed by atoms with Gasteiger partial charge in [-0.05, 0) is 17.6 Å². The lowest BCUT2D eigenvalue weighted by Crippen LogP contribution is -2.30. The van der Waals surface area contributed by atoms with Gasteiger partial charge in [0.25, 0.3) is 0 Å². The molecule has 76 valence electrons. The van der Waals surface area contributed by atoms with Crippen LogP contribution in [0.1, 0.15) is 15.9 Å². The molecule has 0 saturated carbocycles. The first-order valence-electron chi connectivity index (χ1n) is 4.08. The van der Waals surface area contributed by atoms with Gasteiger partial charge in [-0.1, -0.05) is 6.07 Å². The number of benzene rings is 1. The molecule has 0 aliphatic carbocycles. The highest BCUT2D eigenvalue weighted by Gasteiger charge is 2.16. The summed E-state index contributed by atoms with van der Waals surface area (Å²) < 4.78 is 4.46. The second-order valence-electron chi connectivity index (χ2n) is 2.78. The van der Waals surface area contributed by atoms with E-state index in [-0.39, 0.29) is 16.6 Å². The number of methoxy groups -OCH3 is 1. The summed E-state index contributed by atoms with van der Waals surface area (Å²) in [4.78, 5) is 11.2. The molecule has 0 bridgehead atoms. The van der Waals surface area contributed by atoms with E-state index in [1.807, 2.05) is 0 Å². The van der Waals surface area contributed by atoms with Crippen LogP contribution in [0.4, 0.5) is 0 Å². The first kappa shape index (κ1) is 11.2. The Balaban J connectivity index is 3.22. The third-order valence-corrected chi connectivity index (χ3v) is 1.87. The van der Waals surface area contributed by atoms with Crippen molar-refractivity contribution in [2.24, 2.45) is 0 Å². The lowest BCUT2D eigenvalue weighted by atomic mass is 9.79. The normalized spacial score (nSPS) is 9.20. The predicted octanol–water partition coefficient (Wildman–Crippen LogP) is -0.975. The molecular weight excluding hydrogens is 197 g/mol. The molecule has 0 heterocycles. The van der Waals surface area contributed by atoms with E-state index in [2.05, 4.69) is 4.74 Å². The minimum atomic E-state index is -1.66. The van der Waals surface area contributed by atoms with Crippen LogP contribution in [0.3, 0.4) is 0 Å². The standard InChI is InChI=1S/C9H8BNO4/c1-15-9(12)8-3-2-7(10(13)14)4-6(8)5-11/h2-4,13-14H,1H3. The number of ether oxygens (including phenoxy) is 1. The summed E-state index contributed by atoms with van der Waals surface area (Å²) in [6, 6.07) is 5.68. The van der Waals surface area contributed by atoms with Crippen LogP contribution in [0.2, 0.25) is 0 Å². The maximum absolute atomic E-state index is 11.2. The molecule has 0 fully saturated rings. The molecule has 2 N–H and O–H groups in total. The van der Waals surface area contributed by atoms with Crippen molar-refractivity contribution in [1.82, 2.24) is 0 Å². The molecule has 1 aromatic rings. The van der Waals surface area contributed by atoms with E-state index < -0.39 is 13.1 Å². The van der Waals surface area contributed by atoms with Crippen LogP contribution in [-0.4, -0.2) is 30.2 Å². The van der Waals surface area contributed by atoms with Crippen LogP contribution in [0.15, 0.2) is 18.2 Å². The van der Waals surface area contributed by atoms with E-state index >= 15 is 0 Å². The van der Waals surface area contributed by atoms with Crippen LogP contribution >= 0.6 is 0 Å². The van der Waals surface area contributed by atoms with Gasteiger partial charge < -0.3 is 14.8 Å². The number of rotatable bonds is 2. The number of hydrogen-bond acceptors (Lipinski definition) is 5. The molecule has 0 atom stereocenters. The number of nitrogens with zero attached hydrogens (tertiary/aromatic N) is 1. The molecule has 1 aromatic carbocycles. The van der Waals surface area contributed by atoms with Crippen LogP contribution in [0.25, 0.3) is 0 Å². The zero-order valence-electron chi connectivity index (χ0n) is 7.97. The topological polar surface area (TPSA) is 90.6 Å². The van der Waals surface area contributed by atoms with Crippen LogP contribution in [0.5, 0.6) is 0 Å². The van der Waals surface area contributed by atoms with Gasteiger partial charge in [-0.2, -0.15) is 5.26 Å². The van der Waals surface area contributed by atoms with Gasteiger partial charge in [0.15, 0.2) is 0 Å². The zero-order chi connectivity index (χ0) is 11.4. The summed E-state index contributed by atoms with van der Waals surface area (Å²) in [7, 11) is -0.457. The number of hydrogen-bond donors (Lipinski definition) is 2. The van der Waals surface area contributed by atoms with E-state index in [0.29, 0.717) is 0 Å². The molecule has 6 heteroatoms. The van der Waals surface area contributed by atoms with Crippen molar-refractivity contribution in [3.05, 3.63) is 29.3 Å². The quantitative estimate of drug-likeness (QED) is 0.478. The van der Waals surface area contributed by atoms with Gasteiger partial charge in [0.2, 0.25) is 0 Å². The summed E-state index contributed by atoms with van der Waals surface area (Å²) in [5.74, 6) is -0.634. The highest BCUT2D eigenvalue weighted by Crippen LogP contribution is 2.07. The number of carbonyl (C=O) groups excluding carboxylic acids is 1. The minimum absolute atomic E-state index is 0.0486. The number of esters is 1. The van der Waals surface area contributed by atoms with E-state index in [4.69, 9.17) is 15.3 Å². The Kier molecular flexibility index (Phi) is 3.44. The SMILES string of the molecule is COC(=O)c1ccc(B(O)O)cc1C#N. The summed E-state index contributed by atoms with van der Waals surface area (Å²) in [5, 5.41) is 26.5. The average Bonchev–Trinajstić information content (AvgIpc) is 2.27. The third-order valence-electron chi connectivity index (χ3n) is 1.87. The molecule has 0 spiro atoms. The Labute approximate surface area is 86.7 Å². The van der Waals surface area contributed by atoms with E-state index in [0.717, 1.165) is 0 Å². The minimum Gasteiger partial charge on any atom is -0.465 e. The molecule has 0 aliphatic rings. The van der Waals surface area contributed by atoms with Crippen molar-refractivity contribution in [2.75, 3.05) is 7.11 Å². The van der Waals surface area contributed by atoms with E-state index in [1.54, 1.807) is 6.07 Å². The second-order valence-corrected chi connectivity index (χ2v) is 2.78. The number of carbonyl (C=O) groups is 1. The highest BCUT2D eigenvalue weighted by atomic mass is 16.5. The van der Waals surface area contributed by atoms with E-state index in [9.17, 15) is 4.79 Å². The van der Waals surface area contributed by atoms with Crippen molar-refractivity contribution >= 4 is 18.6 Å². The molecule has 0 aromatic heterocycles. The van der Waals surface area contributed by atoms with Crippen LogP contribution in [-0.2, 0) is 4.74 Å². The van der Waals surface area contributed by atoms with Crippen molar-refractivity contribution in [3.8, 4) is 6.07 Å². The first-order chi connectivity index (χ1) is 7.10. The molecule has 0 unspecified atom stereocenters.